The van der Waals surface area contributed by atoms with Crippen LogP contribution in [0.4, 0.5) is 0 Å². The molecule has 2 heteroatoms. The van der Waals surface area contributed by atoms with Gasteiger partial charge in [0.2, 0.25) is 0 Å². The van der Waals surface area contributed by atoms with Crippen molar-refractivity contribution in [3.63, 3.8) is 0 Å². The molecule has 1 aliphatic carbocycles. The largest absolute Gasteiger partial charge is 0.327 e. The van der Waals surface area contributed by atoms with Crippen LogP contribution in [0.25, 0.3) is 0 Å². The molecule has 0 bridgehead atoms. The first kappa shape index (κ1) is 8.02. The van der Waals surface area contributed by atoms with Gasteiger partial charge in [-0.25, -0.2) is 0 Å². The van der Waals surface area contributed by atoms with E-state index in [1.54, 1.807) is 0 Å². The summed E-state index contributed by atoms with van der Waals surface area (Å²) in [7, 11) is 0. The molecule has 1 fully saturated rings. The Kier molecular flexibility index (Phi) is 3.16. The quantitative estimate of drug-likeness (QED) is 0.593. The van der Waals surface area contributed by atoms with Crippen LogP contribution < -0.4 is 11.1 Å². The Bertz CT molecular complexity index is 89.3. The van der Waals surface area contributed by atoms with E-state index in [1.807, 2.05) is 0 Å². The maximum absolute atomic E-state index is 5.84. The summed E-state index contributed by atoms with van der Waals surface area (Å²) in [4.78, 5) is 0. The van der Waals surface area contributed by atoms with E-state index in [9.17, 15) is 0 Å². The summed E-state index contributed by atoms with van der Waals surface area (Å²) < 4.78 is 0. The molecule has 60 valence electrons. The van der Waals surface area contributed by atoms with Crippen molar-refractivity contribution in [1.29, 1.82) is 0 Å². The molecule has 2 nitrogen and oxygen atoms in total. The third-order valence-corrected chi connectivity index (χ3v) is 1.99. The van der Waals surface area contributed by atoms with Crippen molar-refractivity contribution in [3.8, 4) is 0 Å². The van der Waals surface area contributed by atoms with Crippen LogP contribution in [-0.4, -0.2) is 19.1 Å². The molecule has 0 aromatic rings. The van der Waals surface area contributed by atoms with E-state index < -0.39 is 0 Å². The van der Waals surface area contributed by atoms with Crippen molar-refractivity contribution >= 4 is 0 Å². The summed E-state index contributed by atoms with van der Waals surface area (Å²) >= 11 is 0. The van der Waals surface area contributed by atoms with Gasteiger partial charge in [-0.2, -0.15) is 0 Å². The number of nitrogens with two attached hydrogens (primary N) is 1. The Hall–Kier alpha value is -0.0800. The van der Waals surface area contributed by atoms with Crippen molar-refractivity contribution in [3.05, 3.63) is 0 Å². The zero-order valence-electron chi connectivity index (χ0n) is 6.77. The first-order valence-electron chi connectivity index (χ1n) is 4.29. The van der Waals surface area contributed by atoms with Gasteiger partial charge in [0.05, 0.1) is 0 Å². The monoisotopic (exact) mass is 142 g/mol. The Morgan fingerprint density at radius 3 is 2.80 bits per heavy atom. The van der Waals surface area contributed by atoms with Gasteiger partial charge in [-0.1, -0.05) is 19.8 Å². The summed E-state index contributed by atoms with van der Waals surface area (Å²) in [6.07, 6.45) is 4.06. The Labute approximate surface area is 63.2 Å². The van der Waals surface area contributed by atoms with E-state index >= 15 is 0 Å². The van der Waals surface area contributed by atoms with Gasteiger partial charge in [-0.3, -0.25) is 0 Å². The van der Waals surface area contributed by atoms with Gasteiger partial charge in [-0.15, -0.1) is 0 Å². The summed E-state index contributed by atoms with van der Waals surface area (Å²) in [5, 5.41) is 3.26. The van der Waals surface area contributed by atoms with Gasteiger partial charge < -0.3 is 11.1 Å². The zero-order chi connectivity index (χ0) is 7.40. The molecule has 0 radical (unpaired) electrons. The number of nitrogens with one attached hydrogen (secondary N) is 1. The fourth-order valence-corrected chi connectivity index (χ4v) is 1.19. The lowest BCUT2D eigenvalue weighted by Gasteiger charge is -2.10. The topological polar surface area (TPSA) is 38.0 Å². The average molecular weight is 142 g/mol. The third-order valence-electron chi connectivity index (χ3n) is 1.99. The Morgan fingerprint density at radius 1 is 1.60 bits per heavy atom. The second-order valence-electron chi connectivity index (χ2n) is 3.25. The van der Waals surface area contributed by atoms with Gasteiger partial charge in [0.15, 0.2) is 0 Å². The first-order valence-corrected chi connectivity index (χ1v) is 4.29. The lowest BCUT2D eigenvalue weighted by atomic mass is 10.1. The van der Waals surface area contributed by atoms with Gasteiger partial charge >= 0.3 is 0 Å². The zero-order valence-corrected chi connectivity index (χ0v) is 6.77. The van der Waals surface area contributed by atoms with Gasteiger partial charge in [0.1, 0.15) is 0 Å². The molecule has 0 aromatic heterocycles. The SMILES string of the molecule is CCNCC(N)CC1CC1. The molecular weight excluding hydrogens is 124 g/mol. The van der Waals surface area contributed by atoms with Gasteiger partial charge in [-0.05, 0) is 18.9 Å². The predicted octanol–water partition coefficient (Wildman–Crippen LogP) is 0.723. The van der Waals surface area contributed by atoms with E-state index in [4.69, 9.17) is 5.73 Å². The fourth-order valence-electron chi connectivity index (χ4n) is 1.19. The Morgan fingerprint density at radius 2 is 2.30 bits per heavy atom. The lowest BCUT2D eigenvalue weighted by molar-refractivity contribution is 0.526. The molecule has 10 heavy (non-hydrogen) atoms. The van der Waals surface area contributed by atoms with E-state index in [1.165, 1.54) is 19.3 Å². The molecule has 0 amide bonds. The van der Waals surface area contributed by atoms with Crippen molar-refractivity contribution in [2.45, 2.75) is 32.2 Å². The number of hydrogen-bond acceptors (Lipinski definition) is 2. The minimum Gasteiger partial charge on any atom is -0.327 e. The molecule has 0 aliphatic heterocycles. The molecule has 0 heterocycles. The average Bonchev–Trinajstić information content (AvgIpc) is 2.67. The van der Waals surface area contributed by atoms with Crippen LogP contribution in [0, 0.1) is 5.92 Å². The molecule has 1 saturated carbocycles. The van der Waals surface area contributed by atoms with E-state index in [-0.39, 0.29) is 0 Å². The smallest absolute Gasteiger partial charge is 0.0167 e. The van der Waals surface area contributed by atoms with Crippen molar-refractivity contribution in [2.75, 3.05) is 13.1 Å². The molecule has 0 spiro atoms. The highest BCUT2D eigenvalue weighted by Crippen LogP contribution is 2.32. The maximum Gasteiger partial charge on any atom is 0.0167 e. The number of likely N-dealkylation sites (N-methyl/N-ethyl adjacent to an activating group) is 1. The highest BCUT2D eigenvalue weighted by Gasteiger charge is 2.23. The van der Waals surface area contributed by atoms with Gasteiger partial charge in [0.25, 0.3) is 0 Å². The van der Waals surface area contributed by atoms with Crippen LogP contribution in [0.15, 0.2) is 0 Å². The van der Waals surface area contributed by atoms with Gasteiger partial charge in [0, 0.05) is 12.6 Å². The highest BCUT2D eigenvalue weighted by molar-refractivity contribution is 4.79. The molecule has 0 aromatic carbocycles. The molecular formula is C8H18N2. The fraction of sp³-hybridized carbons (Fsp3) is 1.00. The van der Waals surface area contributed by atoms with Crippen molar-refractivity contribution < 1.29 is 0 Å². The standard InChI is InChI=1S/C8H18N2/c1-2-10-6-8(9)5-7-3-4-7/h7-8,10H,2-6,9H2,1H3. The third kappa shape index (κ3) is 3.18. The van der Waals surface area contributed by atoms with Crippen LogP contribution in [0.1, 0.15) is 26.2 Å². The van der Waals surface area contributed by atoms with Crippen LogP contribution in [0.3, 0.4) is 0 Å². The van der Waals surface area contributed by atoms with E-state index in [0.29, 0.717) is 6.04 Å². The highest BCUT2D eigenvalue weighted by atomic mass is 14.9. The summed E-state index contributed by atoms with van der Waals surface area (Å²) in [5.41, 5.74) is 5.84. The summed E-state index contributed by atoms with van der Waals surface area (Å²) in [5.74, 6) is 0.966. The minimum atomic E-state index is 0.396. The van der Waals surface area contributed by atoms with E-state index in [0.717, 1.165) is 19.0 Å². The molecule has 0 saturated heterocycles. The number of hydrogen-bond donors (Lipinski definition) is 2. The molecule has 3 N–H and O–H groups in total. The van der Waals surface area contributed by atoms with Crippen LogP contribution >= 0.6 is 0 Å². The second kappa shape index (κ2) is 3.94. The van der Waals surface area contributed by atoms with Crippen LogP contribution in [-0.2, 0) is 0 Å². The minimum absolute atomic E-state index is 0.396. The number of rotatable bonds is 5. The Balaban J connectivity index is 1.91. The maximum atomic E-state index is 5.84. The molecule has 1 unspecified atom stereocenters. The second-order valence-corrected chi connectivity index (χ2v) is 3.25. The summed E-state index contributed by atoms with van der Waals surface area (Å²) in [6.45, 7) is 4.15. The normalized spacial score (nSPS) is 21.0. The van der Waals surface area contributed by atoms with Crippen molar-refractivity contribution in [2.24, 2.45) is 11.7 Å². The molecule has 1 atom stereocenters. The first-order chi connectivity index (χ1) is 4.83. The summed E-state index contributed by atoms with van der Waals surface area (Å²) in [6, 6.07) is 0.396. The van der Waals surface area contributed by atoms with Crippen LogP contribution in [0.2, 0.25) is 0 Å². The predicted molar refractivity (Wildman–Crippen MR) is 43.9 cm³/mol. The van der Waals surface area contributed by atoms with E-state index in [2.05, 4.69) is 12.2 Å². The molecule has 1 aliphatic rings. The van der Waals surface area contributed by atoms with Crippen molar-refractivity contribution in [1.82, 2.24) is 5.32 Å². The lowest BCUT2D eigenvalue weighted by Crippen LogP contribution is -2.33. The van der Waals surface area contributed by atoms with Crippen LogP contribution in [0.5, 0.6) is 0 Å². The molecule has 1 rings (SSSR count).